The van der Waals surface area contributed by atoms with Gasteiger partial charge in [-0.1, -0.05) is 0 Å². The molecule has 0 bridgehead atoms. The van der Waals surface area contributed by atoms with Gasteiger partial charge in [0.25, 0.3) is 0 Å². The molecule has 1 aromatic carbocycles. The molecule has 0 aliphatic carbocycles. The minimum Gasteiger partial charge on any atom is -0.486 e. The highest BCUT2D eigenvalue weighted by molar-refractivity contribution is 5.41. The summed E-state index contributed by atoms with van der Waals surface area (Å²) >= 11 is 0. The number of aryl methyl sites for hydroxylation is 1. The summed E-state index contributed by atoms with van der Waals surface area (Å²) < 4.78 is 7.32. The number of hydrogen-bond acceptors (Lipinski definition) is 5. The van der Waals surface area contributed by atoms with E-state index < -0.39 is 0 Å². The average molecular weight is 255 g/mol. The lowest BCUT2D eigenvalue weighted by molar-refractivity contribution is 0.292. The summed E-state index contributed by atoms with van der Waals surface area (Å²) in [6.07, 6.45) is 0. The number of ether oxygens (including phenoxy) is 1. The van der Waals surface area contributed by atoms with Gasteiger partial charge in [0.15, 0.2) is 11.5 Å². The number of rotatable bonds is 3. The van der Waals surface area contributed by atoms with E-state index in [9.17, 15) is 0 Å². The fourth-order valence-electron chi connectivity index (χ4n) is 1.73. The van der Waals surface area contributed by atoms with Crippen molar-refractivity contribution < 1.29 is 4.74 Å². The first-order valence-corrected chi connectivity index (χ1v) is 5.89. The number of nitrogens with two attached hydrogens (primary N) is 1. The van der Waals surface area contributed by atoms with Gasteiger partial charge in [-0.3, -0.25) is 0 Å². The second kappa shape index (κ2) is 4.56. The van der Waals surface area contributed by atoms with E-state index in [1.54, 1.807) is 16.6 Å². The number of fused-ring (bicyclic) bond motifs is 1. The molecule has 0 unspecified atom stereocenters. The van der Waals surface area contributed by atoms with Gasteiger partial charge in [-0.15, -0.1) is 10.2 Å². The molecule has 19 heavy (non-hydrogen) atoms. The minimum atomic E-state index is 0.307. The zero-order valence-electron chi connectivity index (χ0n) is 10.4. The van der Waals surface area contributed by atoms with Crippen LogP contribution >= 0.6 is 0 Å². The fraction of sp³-hybridized carbons (Fsp3) is 0.154. The molecule has 6 nitrogen and oxygen atoms in total. The van der Waals surface area contributed by atoms with E-state index in [4.69, 9.17) is 10.5 Å². The van der Waals surface area contributed by atoms with E-state index in [-0.39, 0.29) is 0 Å². The summed E-state index contributed by atoms with van der Waals surface area (Å²) in [7, 11) is 0. The van der Waals surface area contributed by atoms with Crippen molar-refractivity contribution in [3.8, 4) is 5.75 Å². The van der Waals surface area contributed by atoms with Crippen LogP contribution in [0.15, 0.2) is 36.4 Å². The predicted octanol–water partition coefficient (Wildman–Crippen LogP) is 1.59. The van der Waals surface area contributed by atoms with Crippen LogP contribution in [0.2, 0.25) is 0 Å². The smallest absolute Gasteiger partial charge is 0.192 e. The average Bonchev–Trinajstić information content (AvgIpc) is 2.80. The second-order valence-corrected chi connectivity index (χ2v) is 4.22. The van der Waals surface area contributed by atoms with Crippen LogP contribution in [-0.4, -0.2) is 19.8 Å². The Labute approximate surface area is 109 Å². The topological polar surface area (TPSA) is 78.3 Å². The summed E-state index contributed by atoms with van der Waals surface area (Å²) in [4.78, 5) is 0. The van der Waals surface area contributed by atoms with E-state index in [2.05, 4.69) is 15.3 Å². The normalized spacial score (nSPS) is 10.8. The van der Waals surface area contributed by atoms with Crippen molar-refractivity contribution in [1.29, 1.82) is 0 Å². The highest BCUT2D eigenvalue weighted by atomic mass is 16.5. The SMILES string of the molecule is Cc1ccc2nnc(COc3ccc(N)cc3)n2n1. The van der Waals surface area contributed by atoms with Crippen molar-refractivity contribution in [2.75, 3.05) is 5.73 Å². The molecule has 0 spiro atoms. The minimum absolute atomic E-state index is 0.307. The fourth-order valence-corrected chi connectivity index (χ4v) is 1.73. The summed E-state index contributed by atoms with van der Waals surface area (Å²) in [5.74, 6) is 1.40. The maximum absolute atomic E-state index is 5.63. The number of anilines is 1. The lowest BCUT2D eigenvalue weighted by Crippen LogP contribution is -2.04. The summed E-state index contributed by atoms with van der Waals surface area (Å²) in [6.45, 7) is 2.23. The Morgan fingerprint density at radius 3 is 2.68 bits per heavy atom. The molecule has 2 N–H and O–H groups in total. The second-order valence-electron chi connectivity index (χ2n) is 4.22. The van der Waals surface area contributed by atoms with E-state index in [0.29, 0.717) is 23.8 Å². The molecule has 0 aliphatic heterocycles. The predicted molar refractivity (Wildman–Crippen MR) is 70.7 cm³/mol. The molecule has 3 rings (SSSR count). The first-order valence-electron chi connectivity index (χ1n) is 5.89. The van der Waals surface area contributed by atoms with Crippen LogP contribution in [0.1, 0.15) is 11.5 Å². The van der Waals surface area contributed by atoms with Crippen LogP contribution < -0.4 is 10.5 Å². The zero-order valence-corrected chi connectivity index (χ0v) is 10.4. The highest BCUT2D eigenvalue weighted by Gasteiger charge is 2.07. The molecule has 3 aromatic rings. The quantitative estimate of drug-likeness (QED) is 0.719. The summed E-state index contributed by atoms with van der Waals surface area (Å²) in [5.41, 5.74) is 7.94. The van der Waals surface area contributed by atoms with E-state index >= 15 is 0 Å². The monoisotopic (exact) mass is 255 g/mol. The number of aromatic nitrogens is 4. The number of benzene rings is 1. The molecule has 2 heterocycles. The highest BCUT2D eigenvalue weighted by Crippen LogP contribution is 2.14. The van der Waals surface area contributed by atoms with Crippen molar-refractivity contribution in [2.45, 2.75) is 13.5 Å². The van der Waals surface area contributed by atoms with Gasteiger partial charge >= 0.3 is 0 Å². The number of hydrogen-bond donors (Lipinski definition) is 1. The van der Waals surface area contributed by atoms with E-state index in [1.165, 1.54) is 0 Å². The van der Waals surface area contributed by atoms with Crippen LogP contribution in [0.5, 0.6) is 5.75 Å². The first-order chi connectivity index (χ1) is 9.22. The van der Waals surface area contributed by atoms with Gasteiger partial charge in [-0.2, -0.15) is 9.61 Å². The van der Waals surface area contributed by atoms with Crippen molar-refractivity contribution in [3.63, 3.8) is 0 Å². The van der Waals surface area contributed by atoms with Gasteiger partial charge in [0, 0.05) is 5.69 Å². The van der Waals surface area contributed by atoms with E-state index in [1.807, 2.05) is 31.2 Å². The maximum atomic E-state index is 5.63. The van der Waals surface area contributed by atoms with E-state index in [0.717, 1.165) is 11.4 Å². The van der Waals surface area contributed by atoms with Crippen LogP contribution in [0.25, 0.3) is 5.65 Å². The van der Waals surface area contributed by atoms with Crippen molar-refractivity contribution in [1.82, 2.24) is 19.8 Å². The third-order valence-corrected chi connectivity index (χ3v) is 2.71. The lowest BCUT2D eigenvalue weighted by Gasteiger charge is -2.05. The van der Waals surface area contributed by atoms with Gasteiger partial charge in [0.05, 0.1) is 5.69 Å². The molecule has 0 aliphatic rings. The lowest BCUT2D eigenvalue weighted by atomic mass is 10.3. The molecule has 2 aromatic heterocycles. The maximum Gasteiger partial charge on any atom is 0.192 e. The Morgan fingerprint density at radius 2 is 1.89 bits per heavy atom. The molecule has 0 fully saturated rings. The first kappa shape index (κ1) is 11.5. The largest absolute Gasteiger partial charge is 0.486 e. The van der Waals surface area contributed by atoms with Gasteiger partial charge in [0.1, 0.15) is 12.4 Å². The Bertz CT molecular complexity index is 705. The molecule has 0 saturated heterocycles. The summed E-state index contributed by atoms with van der Waals surface area (Å²) in [6, 6.07) is 11.0. The molecule has 0 amide bonds. The van der Waals surface area contributed by atoms with Gasteiger partial charge in [0.2, 0.25) is 0 Å². The van der Waals surface area contributed by atoms with Crippen LogP contribution in [0, 0.1) is 6.92 Å². The molecule has 0 atom stereocenters. The standard InChI is InChI=1S/C13H13N5O/c1-9-2-7-12-15-16-13(18(12)17-9)8-19-11-5-3-10(14)4-6-11/h2-7H,8,14H2,1H3. The van der Waals surface area contributed by atoms with Gasteiger partial charge in [-0.25, -0.2) is 0 Å². The third kappa shape index (κ3) is 2.33. The Balaban J connectivity index is 1.81. The molecule has 96 valence electrons. The molecule has 0 saturated carbocycles. The van der Waals surface area contributed by atoms with Gasteiger partial charge in [-0.05, 0) is 43.3 Å². The zero-order chi connectivity index (χ0) is 13.2. The van der Waals surface area contributed by atoms with Gasteiger partial charge < -0.3 is 10.5 Å². The van der Waals surface area contributed by atoms with Crippen molar-refractivity contribution >= 4 is 11.3 Å². The Kier molecular flexibility index (Phi) is 2.75. The van der Waals surface area contributed by atoms with Crippen LogP contribution in [0.3, 0.4) is 0 Å². The van der Waals surface area contributed by atoms with Crippen LogP contribution in [-0.2, 0) is 6.61 Å². The summed E-state index contributed by atoms with van der Waals surface area (Å²) in [5, 5.41) is 12.5. The Morgan fingerprint density at radius 1 is 1.11 bits per heavy atom. The molecular formula is C13H13N5O. The molecule has 6 heteroatoms. The number of nitrogen functional groups attached to an aromatic ring is 1. The molecule has 0 radical (unpaired) electrons. The number of nitrogens with zero attached hydrogens (tertiary/aromatic N) is 4. The van der Waals surface area contributed by atoms with Crippen LogP contribution in [0.4, 0.5) is 5.69 Å². The van der Waals surface area contributed by atoms with Crippen molar-refractivity contribution in [2.24, 2.45) is 0 Å². The van der Waals surface area contributed by atoms with Crippen molar-refractivity contribution in [3.05, 3.63) is 47.9 Å². The molecular weight excluding hydrogens is 242 g/mol. The third-order valence-electron chi connectivity index (χ3n) is 2.71. The Hall–Kier alpha value is -2.63.